The van der Waals surface area contributed by atoms with Crippen molar-refractivity contribution in [1.29, 1.82) is 0 Å². The number of rotatable bonds is 5. The summed E-state index contributed by atoms with van der Waals surface area (Å²) in [6.45, 7) is 0.0586. The lowest BCUT2D eigenvalue weighted by Gasteiger charge is -2.03. The molecule has 0 spiro atoms. The lowest BCUT2D eigenvalue weighted by molar-refractivity contribution is 0.0973. The highest BCUT2D eigenvalue weighted by Crippen LogP contribution is 2.31. The zero-order valence-corrected chi connectivity index (χ0v) is 12.4. The van der Waals surface area contributed by atoms with Gasteiger partial charge in [0.1, 0.15) is 0 Å². The van der Waals surface area contributed by atoms with Crippen LogP contribution in [0.5, 0.6) is 0 Å². The summed E-state index contributed by atoms with van der Waals surface area (Å²) < 4.78 is 1.13. The fraction of sp³-hybridized carbons (Fsp3) is 0.167. The molecule has 0 unspecified atom stereocenters. The summed E-state index contributed by atoms with van der Waals surface area (Å²) >= 11 is 1.60. The van der Waals surface area contributed by atoms with Crippen LogP contribution < -0.4 is 0 Å². The fourth-order valence-electron chi connectivity index (χ4n) is 2.43. The van der Waals surface area contributed by atoms with Gasteiger partial charge in [0, 0.05) is 34.1 Å². The molecule has 0 atom stereocenters. The maximum atomic E-state index is 12.2. The Morgan fingerprint density at radius 2 is 1.86 bits per heavy atom. The van der Waals surface area contributed by atoms with Crippen molar-refractivity contribution in [1.82, 2.24) is 0 Å². The number of aliphatic hydroxyl groups is 1. The highest BCUT2D eigenvalue weighted by atomic mass is 32.1. The molecule has 106 valence electrons. The van der Waals surface area contributed by atoms with Crippen molar-refractivity contribution in [3.05, 3.63) is 59.5 Å². The SMILES string of the molecule is O=C(CCCO)c1csc2ccc(-c3ccccc3)cc12. The summed E-state index contributed by atoms with van der Waals surface area (Å²) in [5, 5.41) is 11.8. The Labute approximate surface area is 127 Å². The minimum atomic E-state index is 0.0586. The number of hydrogen-bond acceptors (Lipinski definition) is 3. The van der Waals surface area contributed by atoms with Crippen LogP contribution in [-0.4, -0.2) is 17.5 Å². The van der Waals surface area contributed by atoms with Gasteiger partial charge in [-0.25, -0.2) is 0 Å². The Bertz CT molecular complexity index is 759. The summed E-state index contributed by atoms with van der Waals surface area (Å²) in [5.41, 5.74) is 3.05. The zero-order chi connectivity index (χ0) is 14.7. The number of fused-ring (bicyclic) bond motifs is 1. The average molecular weight is 296 g/mol. The predicted octanol–water partition coefficient (Wildman–Crippen LogP) is 4.52. The van der Waals surface area contributed by atoms with Crippen LogP contribution in [0.1, 0.15) is 23.2 Å². The van der Waals surface area contributed by atoms with Crippen LogP contribution in [0.3, 0.4) is 0 Å². The molecule has 0 bridgehead atoms. The molecule has 3 heteroatoms. The summed E-state index contributed by atoms with van der Waals surface area (Å²) in [6.07, 6.45) is 0.923. The molecular weight excluding hydrogens is 280 g/mol. The second kappa shape index (κ2) is 6.20. The number of aliphatic hydroxyl groups excluding tert-OH is 1. The lowest BCUT2D eigenvalue weighted by atomic mass is 10.0. The standard InChI is InChI=1S/C18H16O2S/c19-10-4-7-17(20)16-12-21-18-9-8-14(11-15(16)18)13-5-2-1-3-6-13/h1-3,5-6,8-9,11-12,19H,4,7,10H2. The van der Waals surface area contributed by atoms with E-state index in [1.54, 1.807) is 11.3 Å². The van der Waals surface area contributed by atoms with E-state index >= 15 is 0 Å². The molecule has 1 heterocycles. The van der Waals surface area contributed by atoms with Crippen LogP contribution in [0.15, 0.2) is 53.9 Å². The maximum Gasteiger partial charge on any atom is 0.164 e. The Morgan fingerprint density at radius 3 is 2.62 bits per heavy atom. The van der Waals surface area contributed by atoms with Gasteiger partial charge in [-0.3, -0.25) is 4.79 Å². The number of thiophene rings is 1. The Morgan fingerprint density at radius 1 is 1.05 bits per heavy atom. The van der Waals surface area contributed by atoms with E-state index in [1.165, 1.54) is 0 Å². The van der Waals surface area contributed by atoms with Gasteiger partial charge in [-0.15, -0.1) is 11.3 Å². The van der Waals surface area contributed by atoms with Crippen LogP contribution in [0.4, 0.5) is 0 Å². The Balaban J connectivity index is 2.02. The molecule has 21 heavy (non-hydrogen) atoms. The van der Waals surface area contributed by atoms with E-state index in [0.717, 1.165) is 26.8 Å². The van der Waals surface area contributed by atoms with Gasteiger partial charge >= 0.3 is 0 Å². The molecule has 0 aliphatic heterocycles. The summed E-state index contributed by atoms with van der Waals surface area (Å²) in [7, 11) is 0. The monoisotopic (exact) mass is 296 g/mol. The normalized spacial score (nSPS) is 10.9. The van der Waals surface area contributed by atoms with Crippen molar-refractivity contribution >= 4 is 27.2 Å². The maximum absolute atomic E-state index is 12.2. The third-order valence-corrected chi connectivity index (χ3v) is 4.51. The largest absolute Gasteiger partial charge is 0.396 e. The highest BCUT2D eigenvalue weighted by Gasteiger charge is 2.12. The molecule has 0 amide bonds. The number of benzene rings is 2. The van der Waals surface area contributed by atoms with Crippen LogP contribution in [0.2, 0.25) is 0 Å². The summed E-state index contributed by atoms with van der Waals surface area (Å²) in [6, 6.07) is 16.4. The molecule has 1 N–H and O–H groups in total. The molecule has 0 aliphatic rings. The van der Waals surface area contributed by atoms with E-state index in [9.17, 15) is 4.79 Å². The molecule has 0 aliphatic carbocycles. The Hall–Kier alpha value is -1.97. The van der Waals surface area contributed by atoms with Gasteiger partial charge in [0.25, 0.3) is 0 Å². The van der Waals surface area contributed by atoms with Crippen molar-refractivity contribution < 1.29 is 9.90 Å². The quantitative estimate of drug-likeness (QED) is 0.703. The van der Waals surface area contributed by atoms with E-state index in [1.807, 2.05) is 23.6 Å². The third-order valence-electron chi connectivity index (χ3n) is 3.54. The smallest absolute Gasteiger partial charge is 0.164 e. The molecule has 0 radical (unpaired) electrons. The van der Waals surface area contributed by atoms with Gasteiger partial charge in [-0.2, -0.15) is 0 Å². The number of carbonyl (C=O) groups is 1. The highest BCUT2D eigenvalue weighted by molar-refractivity contribution is 7.17. The molecule has 0 saturated carbocycles. The first-order chi connectivity index (χ1) is 10.3. The van der Waals surface area contributed by atoms with Crippen molar-refractivity contribution in [2.24, 2.45) is 0 Å². The van der Waals surface area contributed by atoms with Gasteiger partial charge in [0.15, 0.2) is 5.78 Å². The van der Waals surface area contributed by atoms with E-state index in [4.69, 9.17) is 5.11 Å². The van der Waals surface area contributed by atoms with Crippen LogP contribution in [-0.2, 0) is 0 Å². The van der Waals surface area contributed by atoms with Gasteiger partial charge in [-0.1, -0.05) is 36.4 Å². The van der Waals surface area contributed by atoms with Crippen molar-refractivity contribution in [3.63, 3.8) is 0 Å². The van der Waals surface area contributed by atoms with Crippen LogP contribution in [0, 0.1) is 0 Å². The first kappa shape index (κ1) is 14.0. The van der Waals surface area contributed by atoms with Gasteiger partial charge in [0.05, 0.1) is 0 Å². The predicted molar refractivity (Wildman–Crippen MR) is 87.9 cm³/mol. The lowest BCUT2D eigenvalue weighted by Crippen LogP contribution is -1.99. The van der Waals surface area contributed by atoms with Gasteiger partial charge in [-0.05, 0) is 29.7 Å². The van der Waals surface area contributed by atoms with Crippen LogP contribution >= 0.6 is 11.3 Å². The molecule has 0 saturated heterocycles. The third kappa shape index (κ3) is 2.89. The molecule has 2 nitrogen and oxygen atoms in total. The molecular formula is C18H16O2S. The van der Waals surface area contributed by atoms with Crippen molar-refractivity contribution in [3.8, 4) is 11.1 Å². The first-order valence-electron chi connectivity index (χ1n) is 7.00. The van der Waals surface area contributed by atoms with E-state index in [2.05, 4.69) is 30.3 Å². The van der Waals surface area contributed by atoms with Crippen molar-refractivity contribution in [2.75, 3.05) is 6.61 Å². The van der Waals surface area contributed by atoms with E-state index in [-0.39, 0.29) is 12.4 Å². The zero-order valence-electron chi connectivity index (χ0n) is 11.6. The van der Waals surface area contributed by atoms with Crippen LogP contribution in [0.25, 0.3) is 21.2 Å². The van der Waals surface area contributed by atoms with Crippen molar-refractivity contribution in [2.45, 2.75) is 12.8 Å². The number of carbonyl (C=O) groups excluding carboxylic acids is 1. The molecule has 0 fully saturated rings. The summed E-state index contributed by atoms with van der Waals surface area (Å²) in [4.78, 5) is 12.2. The minimum Gasteiger partial charge on any atom is -0.396 e. The number of ketones is 1. The molecule has 2 aromatic carbocycles. The van der Waals surface area contributed by atoms with E-state index < -0.39 is 0 Å². The van der Waals surface area contributed by atoms with Gasteiger partial charge in [0.2, 0.25) is 0 Å². The van der Waals surface area contributed by atoms with E-state index in [0.29, 0.717) is 12.8 Å². The topological polar surface area (TPSA) is 37.3 Å². The first-order valence-corrected chi connectivity index (χ1v) is 7.88. The Kier molecular flexibility index (Phi) is 4.13. The molecule has 3 aromatic rings. The van der Waals surface area contributed by atoms with Gasteiger partial charge < -0.3 is 5.11 Å². The second-order valence-corrected chi connectivity index (χ2v) is 5.89. The summed E-state index contributed by atoms with van der Waals surface area (Å²) in [5.74, 6) is 0.112. The average Bonchev–Trinajstić information content (AvgIpc) is 2.96. The fourth-order valence-corrected chi connectivity index (χ4v) is 3.38. The second-order valence-electron chi connectivity index (χ2n) is 4.98. The minimum absolute atomic E-state index is 0.0586. The number of Topliss-reactive ketones (excluding diaryl/α,β-unsaturated/α-hetero) is 1. The molecule has 3 rings (SSSR count). The molecule has 1 aromatic heterocycles. The number of hydrogen-bond donors (Lipinski definition) is 1.